The van der Waals surface area contributed by atoms with Crippen LogP contribution in [0.2, 0.25) is 0 Å². The fourth-order valence-corrected chi connectivity index (χ4v) is 1.58. The molecule has 0 spiro atoms. The van der Waals surface area contributed by atoms with Crippen LogP contribution in [0.3, 0.4) is 0 Å². The number of aryl methyl sites for hydroxylation is 1. The summed E-state index contributed by atoms with van der Waals surface area (Å²) in [5.74, 6) is -2.22. The first-order valence-electron chi connectivity index (χ1n) is 5.38. The van der Waals surface area contributed by atoms with Gasteiger partial charge in [-0.3, -0.25) is 0 Å². The molecule has 0 aliphatic carbocycles. The summed E-state index contributed by atoms with van der Waals surface area (Å²) in [5.41, 5.74) is 0.0862. The monoisotopic (exact) mass is 255 g/mol. The molecule has 0 fully saturated rings. The zero-order valence-corrected chi connectivity index (χ0v) is 9.75. The molecule has 1 N–H and O–H groups in total. The van der Waals surface area contributed by atoms with Crippen LogP contribution in [0.15, 0.2) is 24.5 Å². The Morgan fingerprint density at radius 2 is 1.83 bits per heavy atom. The normalized spacial score (nSPS) is 10.9. The molecule has 2 rings (SSSR count). The third-order valence-corrected chi connectivity index (χ3v) is 2.61. The molecule has 2 aromatic rings. The topological polar surface area (TPSA) is 29.9 Å². The standard InChI is InChI=1S/C12H12F3N3/c1-18-3-2-17-12(18)7-16-6-8-4-10(14)11(15)5-9(8)13/h2-5,16H,6-7H2,1H3. The summed E-state index contributed by atoms with van der Waals surface area (Å²) >= 11 is 0. The molecule has 1 heterocycles. The van der Waals surface area contributed by atoms with Crippen LogP contribution in [0.1, 0.15) is 11.4 Å². The first-order valence-corrected chi connectivity index (χ1v) is 5.38. The Bertz CT molecular complexity index is 551. The van der Waals surface area contributed by atoms with E-state index in [0.717, 1.165) is 11.9 Å². The molecule has 18 heavy (non-hydrogen) atoms. The molecule has 3 nitrogen and oxygen atoms in total. The minimum Gasteiger partial charge on any atom is -0.337 e. The van der Waals surface area contributed by atoms with Crippen molar-refractivity contribution in [2.24, 2.45) is 7.05 Å². The molecule has 1 aromatic carbocycles. The van der Waals surface area contributed by atoms with Crippen molar-refractivity contribution in [1.29, 1.82) is 0 Å². The van der Waals surface area contributed by atoms with Gasteiger partial charge < -0.3 is 9.88 Å². The number of aromatic nitrogens is 2. The largest absolute Gasteiger partial charge is 0.337 e. The van der Waals surface area contributed by atoms with Crippen molar-refractivity contribution in [1.82, 2.24) is 14.9 Å². The number of hydrogen-bond acceptors (Lipinski definition) is 2. The summed E-state index contributed by atoms with van der Waals surface area (Å²) < 4.78 is 40.8. The highest BCUT2D eigenvalue weighted by molar-refractivity contribution is 5.19. The number of hydrogen-bond donors (Lipinski definition) is 1. The number of halogens is 3. The van der Waals surface area contributed by atoms with E-state index in [1.54, 1.807) is 12.4 Å². The van der Waals surface area contributed by atoms with E-state index in [9.17, 15) is 13.2 Å². The average Bonchev–Trinajstić information content (AvgIpc) is 2.72. The third-order valence-electron chi connectivity index (χ3n) is 2.61. The van der Waals surface area contributed by atoms with Crippen molar-refractivity contribution >= 4 is 0 Å². The van der Waals surface area contributed by atoms with Crippen LogP contribution >= 0.6 is 0 Å². The van der Waals surface area contributed by atoms with Crippen molar-refractivity contribution in [3.8, 4) is 0 Å². The summed E-state index contributed by atoms with van der Waals surface area (Å²) in [6.45, 7) is 0.526. The van der Waals surface area contributed by atoms with Gasteiger partial charge in [0.25, 0.3) is 0 Å². The van der Waals surface area contributed by atoms with Crippen molar-refractivity contribution in [3.05, 3.63) is 53.4 Å². The molecular weight excluding hydrogens is 243 g/mol. The Morgan fingerprint density at radius 1 is 1.11 bits per heavy atom. The Labute approximate surface area is 102 Å². The van der Waals surface area contributed by atoms with Crippen molar-refractivity contribution < 1.29 is 13.2 Å². The highest BCUT2D eigenvalue weighted by Crippen LogP contribution is 2.13. The van der Waals surface area contributed by atoms with E-state index in [-0.39, 0.29) is 12.1 Å². The highest BCUT2D eigenvalue weighted by Gasteiger charge is 2.09. The lowest BCUT2D eigenvalue weighted by atomic mass is 10.2. The van der Waals surface area contributed by atoms with E-state index < -0.39 is 17.5 Å². The number of rotatable bonds is 4. The van der Waals surface area contributed by atoms with E-state index >= 15 is 0 Å². The maximum Gasteiger partial charge on any atom is 0.161 e. The molecule has 0 radical (unpaired) electrons. The van der Waals surface area contributed by atoms with Crippen molar-refractivity contribution in [2.75, 3.05) is 0 Å². The number of benzene rings is 1. The lowest BCUT2D eigenvalue weighted by Gasteiger charge is -2.06. The first kappa shape index (κ1) is 12.6. The Hall–Kier alpha value is -1.82. The maximum atomic E-state index is 13.3. The van der Waals surface area contributed by atoms with Gasteiger partial charge in [-0.2, -0.15) is 0 Å². The number of imidazole rings is 1. The van der Waals surface area contributed by atoms with Gasteiger partial charge >= 0.3 is 0 Å². The summed E-state index contributed by atoms with van der Waals surface area (Å²) in [6.07, 6.45) is 3.43. The van der Waals surface area contributed by atoms with Gasteiger partial charge in [0.15, 0.2) is 11.6 Å². The molecular formula is C12H12F3N3. The third kappa shape index (κ3) is 2.70. The van der Waals surface area contributed by atoms with E-state index in [2.05, 4.69) is 10.3 Å². The van der Waals surface area contributed by atoms with Gasteiger partial charge in [0.2, 0.25) is 0 Å². The fraction of sp³-hybridized carbons (Fsp3) is 0.250. The van der Waals surface area contributed by atoms with Gasteiger partial charge in [0, 0.05) is 37.6 Å². The molecule has 0 atom stereocenters. The van der Waals surface area contributed by atoms with Crippen LogP contribution in [-0.4, -0.2) is 9.55 Å². The molecule has 0 amide bonds. The van der Waals surface area contributed by atoms with E-state index in [4.69, 9.17) is 0 Å². The second-order valence-corrected chi connectivity index (χ2v) is 3.92. The zero-order chi connectivity index (χ0) is 13.1. The van der Waals surface area contributed by atoms with Gasteiger partial charge in [-0.15, -0.1) is 0 Å². The molecule has 0 saturated heterocycles. The predicted molar refractivity (Wildman–Crippen MR) is 60.1 cm³/mol. The maximum absolute atomic E-state index is 13.3. The molecule has 0 aliphatic rings. The molecule has 0 saturated carbocycles. The highest BCUT2D eigenvalue weighted by atomic mass is 19.2. The SMILES string of the molecule is Cn1ccnc1CNCc1cc(F)c(F)cc1F. The van der Waals surface area contributed by atoms with Gasteiger partial charge in [0.05, 0.1) is 6.54 Å². The quantitative estimate of drug-likeness (QED) is 0.848. The van der Waals surface area contributed by atoms with E-state index in [1.165, 1.54) is 0 Å². The van der Waals surface area contributed by atoms with Crippen LogP contribution in [-0.2, 0) is 20.1 Å². The first-order chi connectivity index (χ1) is 8.58. The lowest BCUT2D eigenvalue weighted by Crippen LogP contribution is -2.16. The summed E-state index contributed by atoms with van der Waals surface area (Å²) in [7, 11) is 1.84. The van der Waals surface area contributed by atoms with Crippen LogP contribution in [0, 0.1) is 17.5 Å². The van der Waals surface area contributed by atoms with E-state index in [1.807, 2.05) is 11.6 Å². The summed E-state index contributed by atoms with van der Waals surface area (Å²) in [4.78, 5) is 4.07. The zero-order valence-electron chi connectivity index (χ0n) is 9.75. The Balaban J connectivity index is 1.99. The molecule has 1 aromatic heterocycles. The molecule has 0 aliphatic heterocycles. The summed E-state index contributed by atoms with van der Waals surface area (Å²) in [6, 6.07) is 1.41. The molecule has 96 valence electrons. The minimum absolute atomic E-state index is 0.0862. The molecule has 0 unspecified atom stereocenters. The van der Waals surface area contributed by atoms with Crippen molar-refractivity contribution in [3.63, 3.8) is 0 Å². The Kier molecular flexibility index (Phi) is 3.66. The van der Waals surface area contributed by atoms with Crippen molar-refractivity contribution in [2.45, 2.75) is 13.1 Å². The van der Waals surface area contributed by atoms with Crippen LogP contribution < -0.4 is 5.32 Å². The van der Waals surface area contributed by atoms with Gasteiger partial charge in [-0.1, -0.05) is 0 Å². The molecule has 0 bridgehead atoms. The number of nitrogens with one attached hydrogen (secondary N) is 1. The minimum atomic E-state index is -1.18. The van der Waals surface area contributed by atoms with Crippen LogP contribution in [0.25, 0.3) is 0 Å². The second kappa shape index (κ2) is 5.22. The van der Waals surface area contributed by atoms with Gasteiger partial charge in [-0.25, -0.2) is 18.2 Å². The lowest BCUT2D eigenvalue weighted by molar-refractivity contribution is 0.486. The fourth-order valence-electron chi connectivity index (χ4n) is 1.58. The molecule has 6 heteroatoms. The van der Waals surface area contributed by atoms with E-state index in [0.29, 0.717) is 12.6 Å². The predicted octanol–water partition coefficient (Wildman–Crippen LogP) is 2.13. The summed E-state index contributed by atoms with van der Waals surface area (Å²) in [5, 5.41) is 2.92. The number of nitrogens with zero attached hydrogens (tertiary/aromatic N) is 2. The van der Waals surface area contributed by atoms with Crippen LogP contribution in [0.4, 0.5) is 13.2 Å². The Morgan fingerprint density at radius 3 is 2.50 bits per heavy atom. The van der Waals surface area contributed by atoms with Gasteiger partial charge in [0.1, 0.15) is 11.6 Å². The smallest absolute Gasteiger partial charge is 0.161 e. The second-order valence-electron chi connectivity index (χ2n) is 3.92. The van der Waals surface area contributed by atoms with Gasteiger partial charge in [-0.05, 0) is 6.07 Å². The van der Waals surface area contributed by atoms with Crippen LogP contribution in [0.5, 0.6) is 0 Å². The average molecular weight is 255 g/mol.